The molecule has 1 fully saturated rings. The number of ether oxygens (including phenoxy) is 3. The largest absolute Gasteiger partial charge is 0.467 e. The number of rotatable bonds is 5. The molecule has 6 nitrogen and oxygen atoms in total. The van der Waals surface area contributed by atoms with E-state index in [1.54, 1.807) is 14.0 Å². The fraction of sp³-hybridized carbons (Fsp3) is 0.529. The van der Waals surface area contributed by atoms with Gasteiger partial charge in [-0.3, -0.25) is 4.79 Å². The Kier molecular flexibility index (Phi) is 4.64. The molecular weight excluding hydrogens is 328 g/mol. The van der Waals surface area contributed by atoms with E-state index in [0.29, 0.717) is 24.9 Å². The SMILES string of the molecule is CCOC(=O)[C@H]1[C@H]2NC(=S)N(CCOC)[C@@]1(C)Oc1ccccc12. The molecule has 24 heavy (non-hydrogen) atoms. The van der Waals surface area contributed by atoms with E-state index < -0.39 is 11.6 Å². The van der Waals surface area contributed by atoms with E-state index in [0.717, 1.165) is 11.3 Å². The number of esters is 1. The Balaban J connectivity index is 2.07. The molecule has 7 heteroatoms. The number of carbonyl (C=O) groups excluding carboxylic acids is 1. The fourth-order valence-corrected chi connectivity index (χ4v) is 3.89. The number of thiocarbonyl (C=S) groups is 1. The molecule has 0 unspecified atom stereocenters. The van der Waals surface area contributed by atoms with Crippen molar-refractivity contribution in [3.63, 3.8) is 0 Å². The third-order valence-electron chi connectivity index (χ3n) is 4.60. The number of methoxy groups -OCH3 is 1. The van der Waals surface area contributed by atoms with E-state index in [4.69, 9.17) is 26.4 Å². The number of nitrogens with one attached hydrogen (secondary N) is 1. The lowest BCUT2D eigenvalue weighted by molar-refractivity contribution is -0.176. The molecule has 1 aromatic carbocycles. The van der Waals surface area contributed by atoms with Crippen molar-refractivity contribution in [2.24, 2.45) is 5.92 Å². The molecule has 0 amide bonds. The summed E-state index contributed by atoms with van der Waals surface area (Å²) < 4.78 is 16.8. The summed E-state index contributed by atoms with van der Waals surface area (Å²) in [6.45, 7) is 5.00. The van der Waals surface area contributed by atoms with Gasteiger partial charge in [0.05, 0.1) is 19.3 Å². The monoisotopic (exact) mass is 350 g/mol. The Bertz CT molecular complexity index is 653. The van der Waals surface area contributed by atoms with Crippen LogP contribution in [0.4, 0.5) is 0 Å². The summed E-state index contributed by atoms with van der Waals surface area (Å²) in [7, 11) is 1.63. The molecule has 0 aliphatic carbocycles. The van der Waals surface area contributed by atoms with Gasteiger partial charge in [-0.1, -0.05) is 18.2 Å². The van der Waals surface area contributed by atoms with Crippen molar-refractivity contribution >= 4 is 23.3 Å². The van der Waals surface area contributed by atoms with Gasteiger partial charge in [-0.15, -0.1) is 0 Å². The molecule has 1 aromatic rings. The Hall–Kier alpha value is -1.86. The van der Waals surface area contributed by atoms with E-state index >= 15 is 0 Å². The molecule has 1 saturated heterocycles. The maximum atomic E-state index is 12.7. The first kappa shape index (κ1) is 17.0. The zero-order valence-electron chi connectivity index (χ0n) is 14.1. The molecular formula is C17H22N2O4S. The van der Waals surface area contributed by atoms with Gasteiger partial charge in [0.1, 0.15) is 11.7 Å². The summed E-state index contributed by atoms with van der Waals surface area (Å²) in [5, 5.41) is 3.85. The highest BCUT2D eigenvalue weighted by Crippen LogP contribution is 2.48. The summed E-state index contributed by atoms with van der Waals surface area (Å²) in [4.78, 5) is 14.6. The van der Waals surface area contributed by atoms with E-state index in [2.05, 4.69) is 5.32 Å². The molecule has 0 aromatic heterocycles. The summed E-state index contributed by atoms with van der Waals surface area (Å²) in [6.07, 6.45) is 0. The number of para-hydroxylation sites is 1. The predicted molar refractivity (Wildman–Crippen MR) is 92.7 cm³/mol. The Morgan fingerprint density at radius 1 is 1.46 bits per heavy atom. The fourth-order valence-electron chi connectivity index (χ4n) is 3.49. The first-order valence-corrected chi connectivity index (χ1v) is 8.45. The van der Waals surface area contributed by atoms with Gasteiger partial charge in [0.25, 0.3) is 0 Å². The molecule has 2 heterocycles. The molecule has 130 valence electrons. The van der Waals surface area contributed by atoms with Crippen molar-refractivity contribution in [3.05, 3.63) is 29.8 Å². The van der Waals surface area contributed by atoms with Crippen molar-refractivity contribution in [2.75, 3.05) is 26.9 Å². The van der Waals surface area contributed by atoms with Gasteiger partial charge in [-0.05, 0) is 32.1 Å². The van der Waals surface area contributed by atoms with Crippen LogP contribution < -0.4 is 10.1 Å². The average Bonchev–Trinajstić information content (AvgIpc) is 2.54. The quantitative estimate of drug-likeness (QED) is 0.642. The van der Waals surface area contributed by atoms with Crippen LogP contribution in [-0.2, 0) is 14.3 Å². The van der Waals surface area contributed by atoms with Crippen molar-refractivity contribution in [3.8, 4) is 5.75 Å². The number of hydrogen-bond donors (Lipinski definition) is 1. The molecule has 3 rings (SSSR count). The van der Waals surface area contributed by atoms with Crippen molar-refractivity contribution < 1.29 is 19.0 Å². The Morgan fingerprint density at radius 3 is 2.92 bits per heavy atom. The van der Waals surface area contributed by atoms with Crippen LogP contribution >= 0.6 is 12.2 Å². The average molecular weight is 350 g/mol. The van der Waals surface area contributed by atoms with Crippen molar-refractivity contribution in [1.29, 1.82) is 0 Å². The van der Waals surface area contributed by atoms with Crippen LogP contribution in [-0.4, -0.2) is 48.6 Å². The van der Waals surface area contributed by atoms with Gasteiger partial charge >= 0.3 is 5.97 Å². The normalized spacial score (nSPS) is 27.8. The lowest BCUT2D eigenvalue weighted by atomic mass is 9.79. The van der Waals surface area contributed by atoms with Crippen LogP contribution in [0.5, 0.6) is 5.75 Å². The number of nitrogens with zero attached hydrogens (tertiary/aromatic N) is 1. The van der Waals surface area contributed by atoms with E-state index in [1.165, 1.54) is 0 Å². The van der Waals surface area contributed by atoms with Crippen LogP contribution in [0.2, 0.25) is 0 Å². The molecule has 0 saturated carbocycles. The van der Waals surface area contributed by atoms with Crippen LogP contribution in [0.15, 0.2) is 24.3 Å². The van der Waals surface area contributed by atoms with E-state index in [9.17, 15) is 4.79 Å². The molecule has 3 atom stereocenters. The maximum absolute atomic E-state index is 12.7. The third kappa shape index (κ3) is 2.61. The van der Waals surface area contributed by atoms with Crippen LogP contribution in [0.1, 0.15) is 25.5 Å². The van der Waals surface area contributed by atoms with Crippen LogP contribution in [0, 0.1) is 5.92 Å². The maximum Gasteiger partial charge on any atom is 0.317 e. The van der Waals surface area contributed by atoms with Crippen LogP contribution in [0.25, 0.3) is 0 Å². The minimum atomic E-state index is -0.924. The minimum absolute atomic E-state index is 0.273. The smallest absolute Gasteiger partial charge is 0.317 e. The lowest BCUT2D eigenvalue weighted by Gasteiger charge is -2.55. The molecule has 2 aliphatic heterocycles. The standard InChI is InChI=1S/C17H22N2O4S/c1-4-22-15(20)13-14-11-7-5-6-8-12(11)23-17(13,2)19(9-10-21-3)16(24)18-14/h5-8,13-14H,4,9-10H2,1-3H3,(H,18,24)/t13-,14+,17+/m1/s1. The highest BCUT2D eigenvalue weighted by Gasteiger charge is 2.59. The minimum Gasteiger partial charge on any atom is -0.467 e. The second-order valence-electron chi connectivity index (χ2n) is 6.00. The molecule has 0 radical (unpaired) electrons. The van der Waals surface area contributed by atoms with E-state index in [1.807, 2.05) is 36.1 Å². The number of benzene rings is 1. The topological polar surface area (TPSA) is 60.0 Å². The molecule has 2 bridgehead atoms. The predicted octanol–water partition coefficient (Wildman–Crippen LogP) is 1.85. The van der Waals surface area contributed by atoms with Gasteiger partial charge < -0.3 is 24.4 Å². The van der Waals surface area contributed by atoms with Gasteiger partial charge in [-0.2, -0.15) is 0 Å². The van der Waals surface area contributed by atoms with Crippen LogP contribution in [0.3, 0.4) is 0 Å². The second kappa shape index (κ2) is 6.57. The second-order valence-corrected chi connectivity index (χ2v) is 6.38. The number of fused-ring (bicyclic) bond motifs is 4. The lowest BCUT2D eigenvalue weighted by Crippen LogP contribution is -2.71. The highest BCUT2D eigenvalue weighted by molar-refractivity contribution is 7.80. The van der Waals surface area contributed by atoms with Crippen molar-refractivity contribution in [1.82, 2.24) is 10.2 Å². The third-order valence-corrected chi connectivity index (χ3v) is 4.94. The molecule has 0 spiro atoms. The number of hydrogen-bond acceptors (Lipinski definition) is 5. The molecule has 2 aliphatic rings. The number of carbonyl (C=O) groups is 1. The first-order valence-electron chi connectivity index (χ1n) is 8.04. The first-order chi connectivity index (χ1) is 11.5. The van der Waals surface area contributed by atoms with E-state index in [-0.39, 0.29) is 12.0 Å². The highest BCUT2D eigenvalue weighted by atomic mass is 32.1. The summed E-state index contributed by atoms with van der Waals surface area (Å²) in [5.41, 5.74) is -0.00616. The summed E-state index contributed by atoms with van der Waals surface area (Å²) in [5.74, 6) is -0.0733. The summed E-state index contributed by atoms with van der Waals surface area (Å²) >= 11 is 5.53. The molecule has 1 N–H and O–H groups in total. The van der Waals surface area contributed by atoms with Gasteiger partial charge in [-0.25, -0.2) is 0 Å². The Morgan fingerprint density at radius 2 is 2.21 bits per heavy atom. The Labute approximate surface area is 147 Å². The van der Waals surface area contributed by atoms with Crippen molar-refractivity contribution in [2.45, 2.75) is 25.6 Å². The summed E-state index contributed by atoms with van der Waals surface area (Å²) in [6, 6.07) is 7.43. The van der Waals surface area contributed by atoms with Gasteiger partial charge in [0, 0.05) is 19.2 Å². The zero-order chi connectivity index (χ0) is 17.3. The van der Waals surface area contributed by atoms with Gasteiger partial charge in [0.2, 0.25) is 0 Å². The zero-order valence-corrected chi connectivity index (χ0v) is 14.9. The van der Waals surface area contributed by atoms with Gasteiger partial charge in [0.15, 0.2) is 10.8 Å².